The van der Waals surface area contributed by atoms with Gasteiger partial charge in [0.25, 0.3) is 0 Å². The first-order valence-corrected chi connectivity index (χ1v) is 20.1. The highest BCUT2D eigenvalue weighted by Gasteiger charge is 2.44. The molecule has 0 bridgehead atoms. The van der Waals surface area contributed by atoms with E-state index in [1.54, 1.807) is 30.3 Å². The third-order valence-corrected chi connectivity index (χ3v) is 14.4. The van der Waals surface area contributed by atoms with Gasteiger partial charge in [0.05, 0.1) is 20.0 Å². The molecule has 0 aliphatic carbocycles. The molecule has 3 aliphatic rings. The van der Waals surface area contributed by atoms with E-state index in [0.717, 1.165) is 27.9 Å². The molecular weight excluding hydrogens is 681 g/mol. The summed E-state index contributed by atoms with van der Waals surface area (Å²) >= 11 is 0. The van der Waals surface area contributed by atoms with Crippen LogP contribution in [0.2, 0.25) is 0 Å². The van der Waals surface area contributed by atoms with Gasteiger partial charge >= 0.3 is 6.85 Å². The van der Waals surface area contributed by atoms with Crippen LogP contribution in [0.3, 0.4) is 0 Å². The van der Waals surface area contributed by atoms with Gasteiger partial charge in [0.1, 0.15) is 4.91 Å². The number of fused-ring (bicyclic) bond motifs is 5. The maximum Gasteiger partial charge on any atom is 0.321 e. The fourth-order valence-corrected chi connectivity index (χ4v) is 12.0. The molecule has 0 fully saturated rings. The van der Waals surface area contributed by atoms with Gasteiger partial charge in [-0.3, -0.25) is 0 Å². The zero-order chi connectivity index (χ0) is 35.9. The Morgan fingerprint density at radius 2 is 1.15 bits per heavy atom. The van der Waals surface area contributed by atoms with Crippen molar-refractivity contribution >= 4 is 59.2 Å². The van der Waals surface area contributed by atoms with Crippen molar-refractivity contribution in [3.63, 3.8) is 0 Å². The van der Waals surface area contributed by atoms with Crippen molar-refractivity contribution in [3.05, 3.63) is 190 Å². The quantitative estimate of drug-likeness (QED) is 0.187. The molecule has 0 saturated carbocycles. The van der Waals surface area contributed by atoms with Gasteiger partial charge in [0.15, 0.2) is 0 Å². The van der Waals surface area contributed by atoms with Crippen molar-refractivity contribution in [2.45, 2.75) is 23.6 Å². The van der Waals surface area contributed by atoms with E-state index in [9.17, 15) is 16.8 Å². The smallest absolute Gasteiger partial charge is 0.321 e. The molecule has 6 aromatic rings. The predicted octanol–water partition coefficient (Wildman–Crippen LogP) is 6.88. The molecule has 0 amide bonds. The molecule has 0 saturated heterocycles. The topological polar surface area (TPSA) is 73.2 Å². The summed E-state index contributed by atoms with van der Waals surface area (Å²) < 4.78 is 61.0. The molecule has 52 heavy (non-hydrogen) atoms. The zero-order valence-electron chi connectivity index (χ0n) is 28.5. The van der Waals surface area contributed by atoms with E-state index >= 15 is 0 Å². The molecule has 5 nitrogen and oxygen atoms in total. The predicted molar refractivity (Wildman–Crippen MR) is 211 cm³/mol. The summed E-state index contributed by atoms with van der Waals surface area (Å²) in [6.07, 6.45) is 0. The van der Waals surface area contributed by atoms with Crippen molar-refractivity contribution in [1.82, 2.24) is 4.48 Å². The second-order valence-electron chi connectivity index (χ2n) is 13.4. The average Bonchev–Trinajstić information content (AvgIpc) is 3.72. The number of aromatic nitrogens is 1. The largest absolute Gasteiger partial charge is 0.375 e. The van der Waals surface area contributed by atoms with Gasteiger partial charge in [-0.1, -0.05) is 145 Å². The summed E-state index contributed by atoms with van der Waals surface area (Å²) in [6.45, 7) is 7.75. The summed E-state index contributed by atoms with van der Waals surface area (Å²) in [6, 6.07) is 43.9. The first kappa shape index (κ1) is 32.2. The molecule has 8 heteroatoms. The van der Waals surface area contributed by atoms with Crippen LogP contribution in [0, 0.1) is 0 Å². The molecule has 252 valence electrons. The highest BCUT2D eigenvalue weighted by molar-refractivity contribution is 8.01. The van der Waals surface area contributed by atoms with Gasteiger partial charge in [0, 0.05) is 27.6 Å². The van der Waals surface area contributed by atoms with Crippen LogP contribution in [-0.4, -0.2) is 28.2 Å². The first-order chi connectivity index (χ1) is 25.1. The fraction of sp³-hybridized carbons (Fsp3) is 0.0455. The van der Waals surface area contributed by atoms with Crippen LogP contribution in [0.25, 0.3) is 38.5 Å². The Labute approximate surface area is 303 Å². The lowest BCUT2D eigenvalue weighted by Gasteiger charge is -2.23. The molecule has 5 aromatic carbocycles. The van der Waals surface area contributed by atoms with Crippen LogP contribution in [-0.2, 0) is 19.7 Å². The summed E-state index contributed by atoms with van der Waals surface area (Å²) in [7, 11) is -7.99. The second-order valence-corrected chi connectivity index (χ2v) is 17.1. The highest BCUT2D eigenvalue weighted by atomic mass is 32.2. The lowest BCUT2D eigenvalue weighted by molar-refractivity contribution is 0.603. The Morgan fingerprint density at radius 1 is 0.615 bits per heavy atom. The van der Waals surface area contributed by atoms with E-state index in [4.69, 9.17) is 0 Å². The van der Waals surface area contributed by atoms with Crippen molar-refractivity contribution in [1.29, 1.82) is 0 Å². The molecular formula is C44H32BNO4S2. The van der Waals surface area contributed by atoms with Crippen LogP contribution >= 0.6 is 0 Å². The van der Waals surface area contributed by atoms with Crippen LogP contribution in [0.15, 0.2) is 167 Å². The Hall–Kier alpha value is -5.70. The highest BCUT2D eigenvalue weighted by Crippen LogP contribution is 2.48. The first-order valence-electron chi connectivity index (χ1n) is 17.1. The standard InChI is InChI=1S/C44H32BNO4S2/c1-28(31-17-7-4-8-18-31)39-40(30(3)43-29(2)34-23-13-15-25-37(34)51(43,47)48)41(32-19-9-5-10-20-32)46-42(39)44-36(27-45(46)33-21-11-6-12-22-33)35-24-14-16-26-38(35)52(44,49)50/h4-27H,2H2,1,3H3/b39-28-,43-30-. The number of hydrogen-bond donors (Lipinski definition) is 0. The molecule has 0 spiro atoms. The summed E-state index contributed by atoms with van der Waals surface area (Å²) in [4.78, 5) is 0.854. The minimum Gasteiger partial charge on any atom is -0.375 e. The molecule has 9 rings (SSSR count). The Bertz CT molecular complexity index is 2940. The third kappa shape index (κ3) is 4.47. The normalized spacial score (nSPS) is 17.9. The van der Waals surface area contributed by atoms with Crippen molar-refractivity contribution < 1.29 is 16.8 Å². The van der Waals surface area contributed by atoms with Crippen molar-refractivity contribution in [3.8, 4) is 11.3 Å². The van der Waals surface area contributed by atoms with Gasteiger partial charge in [-0.15, -0.1) is 0 Å². The number of allylic oxidation sites excluding steroid dienone is 2. The maximum absolute atomic E-state index is 14.9. The van der Waals surface area contributed by atoms with Crippen molar-refractivity contribution in [2.75, 3.05) is 0 Å². The molecule has 4 heterocycles. The van der Waals surface area contributed by atoms with Crippen LogP contribution in [0.1, 0.15) is 36.1 Å². The van der Waals surface area contributed by atoms with Crippen molar-refractivity contribution in [2.24, 2.45) is 0 Å². The van der Waals surface area contributed by atoms with Crippen LogP contribution in [0.5, 0.6) is 0 Å². The lowest BCUT2D eigenvalue weighted by atomic mass is 9.53. The Morgan fingerprint density at radius 3 is 1.79 bits per heavy atom. The molecule has 0 N–H and O–H groups in total. The number of rotatable bonds is 4. The zero-order valence-corrected chi connectivity index (χ0v) is 30.2. The van der Waals surface area contributed by atoms with E-state index in [1.165, 1.54) is 0 Å². The van der Waals surface area contributed by atoms with Gasteiger partial charge in [-0.25, -0.2) is 16.8 Å². The average molecular weight is 714 g/mol. The van der Waals surface area contributed by atoms with E-state index in [-0.39, 0.29) is 19.6 Å². The fourth-order valence-electron chi connectivity index (χ4n) is 8.27. The van der Waals surface area contributed by atoms with Gasteiger partial charge < -0.3 is 4.48 Å². The third-order valence-electron chi connectivity index (χ3n) is 10.5. The number of hydrogen-bond acceptors (Lipinski definition) is 4. The summed E-state index contributed by atoms with van der Waals surface area (Å²) in [5, 5.41) is 1.21. The van der Waals surface area contributed by atoms with Gasteiger partial charge in [0.2, 0.25) is 19.7 Å². The van der Waals surface area contributed by atoms with Crippen LogP contribution in [0.4, 0.5) is 0 Å². The summed E-state index contributed by atoms with van der Waals surface area (Å²) in [5.74, 6) is 2.06. The molecule has 0 atom stereocenters. The summed E-state index contributed by atoms with van der Waals surface area (Å²) in [5.41, 5.74) is 7.72. The van der Waals surface area contributed by atoms with E-state index in [0.29, 0.717) is 44.0 Å². The number of sulfone groups is 2. The van der Waals surface area contributed by atoms with E-state index in [1.807, 2.05) is 111 Å². The lowest BCUT2D eigenvalue weighted by Crippen LogP contribution is -2.49. The minimum atomic E-state index is -4.01. The van der Waals surface area contributed by atoms with E-state index < -0.39 is 26.5 Å². The molecule has 0 unspecified atom stereocenters. The maximum atomic E-state index is 14.9. The molecule has 0 radical (unpaired) electrons. The minimum absolute atomic E-state index is 0.142. The molecule has 3 aliphatic heterocycles. The monoisotopic (exact) mass is 713 g/mol. The van der Waals surface area contributed by atoms with Crippen LogP contribution < -0.4 is 16.0 Å². The van der Waals surface area contributed by atoms with E-state index in [2.05, 4.69) is 29.2 Å². The number of nitrogens with zero attached hydrogens (tertiary/aromatic N) is 1. The van der Waals surface area contributed by atoms with Gasteiger partial charge in [-0.05, 0) is 59.4 Å². The molecule has 1 aromatic heterocycles. The number of benzene rings is 5. The SMILES string of the molecule is C=C1/C(=C(\C)c2c(-c3ccccc3)n3c(/c2=C(/C)c2ccccc2)=C2C(=CB3c3ccccc3)c3ccccc3S2(=O)=O)S(=O)(=O)c2ccccc21. The Kier molecular flexibility index (Phi) is 7.23. The second kappa shape index (κ2) is 11.7. The Balaban J connectivity index is 1.59. The van der Waals surface area contributed by atoms with Gasteiger partial charge in [-0.2, -0.15) is 0 Å².